The standard InChI is InChI=1S/C34H44N6O4Si/c1-34(2,42)21-36-33(41)32-27-19-39(20-28(27)32)18-25-8-6-23-16-26(9-10-29(23)38-25)44-31-11-7-24(17-35-31)30-12-13-37-40(30)22-43-14-15-45(3,4)5/h6-13,16-17,27-28,32,42H,14-15,18-22H2,1-5H3,(H,36,41)/t27-,28+,32?. The third kappa shape index (κ3) is 7.96. The van der Waals surface area contributed by atoms with Crippen LogP contribution in [0.5, 0.6) is 11.6 Å². The molecule has 11 heteroatoms. The van der Waals surface area contributed by atoms with E-state index >= 15 is 0 Å². The minimum Gasteiger partial charge on any atom is -0.439 e. The quantitative estimate of drug-likeness (QED) is 0.154. The third-order valence-electron chi connectivity index (χ3n) is 8.55. The van der Waals surface area contributed by atoms with Gasteiger partial charge in [-0.25, -0.2) is 9.67 Å². The molecule has 0 bridgehead atoms. The van der Waals surface area contributed by atoms with Crippen molar-refractivity contribution in [3.8, 4) is 22.9 Å². The number of amides is 1. The number of aromatic nitrogens is 4. The van der Waals surface area contributed by atoms with E-state index in [0.717, 1.165) is 60.1 Å². The minimum atomic E-state index is -1.13. The monoisotopic (exact) mass is 628 g/mol. The molecule has 10 nitrogen and oxygen atoms in total. The van der Waals surface area contributed by atoms with Crippen molar-refractivity contribution in [2.45, 2.75) is 58.4 Å². The van der Waals surface area contributed by atoms with Crippen molar-refractivity contribution in [1.29, 1.82) is 0 Å². The van der Waals surface area contributed by atoms with Gasteiger partial charge in [-0.05, 0) is 68.1 Å². The minimum absolute atomic E-state index is 0.0702. The average Bonchev–Trinajstić information content (AvgIpc) is 3.28. The molecule has 1 amide bonds. The highest BCUT2D eigenvalue weighted by Gasteiger charge is 2.59. The lowest BCUT2D eigenvalue weighted by Gasteiger charge is -2.21. The van der Waals surface area contributed by atoms with Gasteiger partial charge < -0.3 is 19.9 Å². The number of benzene rings is 1. The van der Waals surface area contributed by atoms with Gasteiger partial charge in [0.15, 0.2) is 0 Å². The molecule has 1 aliphatic heterocycles. The number of pyridine rings is 2. The van der Waals surface area contributed by atoms with Gasteiger partial charge in [-0.3, -0.25) is 14.7 Å². The lowest BCUT2D eigenvalue weighted by Crippen LogP contribution is -2.40. The second kappa shape index (κ2) is 12.6. The van der Waals surface area contributed by atoms with Gasteiger partial charge in [0.2, 0.25) is 11.8 Å². The van der Waals surface area contributed by atoms with Crippen LogP contribution in [0.15, 0.2) is 60.9 Å². The Morgan fingerprint density at radius 2 is 1.89 bits per heavy atom. The molecule has 3 aromatic heterocycles. The number of fused-ring (bicyclic) bond motifs is 2. The molecular formula is C34H44N6O4Si. The number of piperidine rings is 1. The first-order valence-corrected chi connectivity index (χ1v) is 19.5. The molecule has 45 heavy (non-hydrogen) atoms. The molecule has 1 aliphatic carbocycles. The topological polar surface area (TPSA) is 115 Å². The molecule has 3 atom stereocenters. The second-order valence-corrected chi connectivity index (χ2v) is 19.9. The number of hydrogen-bond donors (Lipinski definition) is 2. The lowest BCUT2D eigenvalue weighted by atomic mass is 10.1. The van der Waals surface area contributed by atoms with Crippen molar-refractivity contribution in [3.63, 3.8) is 0 Å². The fraction of sp³-hybridized carbons (Fsp3) is 0.471. The van der Waals surface area contributed by atoms with Gasteiger partial charge in [0.05, 0.1) is 22.5 Å². The van der Waals surface area contributed by atoms with Crippen LogP contribution in [0.3, 0.4) is 0 Å². The Morgan fingerprint density at radius 1 is 1.09 bits per heavy atom. The first-order chi connectivity index (χ1) is 21.4. The maximum absolute atomic E-state index is 12.5. The molecular weight excluding hydrogens is 584 g/mol. The van der Waals surface area contributed by atoms with E-state index in [2.05, 4.69) is 52.1 Å². The molecule has 2 N–H and O–H groups in total. The Morgan fingerprint density at radius 3 is 2.60 bits per heavy atom. The number of nitrogens with zero attached hydrogens (tertiary/aromatic N) is 5. The van der Waals surface area contributed by atoms with Crippen LogP contribution in [0, 0.1) is 17.8 Å². The second-order valence-electron chi connectivity index (χ2n) is 14.3. The van der Waals surface area contributed by atoms with Crippen LogP contribution in [-0.2, 0) is 22.8 Å². The van der Waals surface area contributed by atoms with Gasteiger partial charge in [-0.15, -0.1) is 0 Å². The van der Waals surface area contributed by atoms with E-state index in [9.17, 15) is 9.90 Å². The fourth-order valence-electron chi connectivity index (χ4n) is 6.00. The van der Waals surface area contributed by atoms with E-state index in [0.29, 0.717) is 30.2 Å². The van der Waals surface area contributed by atoms with E-state index in [1.165, 1.54) is 0 Å². The zero-order valence-corrected chi connectivity index (χ0v) is 27.9. The SMILES string of the molecule is CC(C)(O)CNC(=O)C1[C@H]2CN(Cc3ccc4cc(Oc5ccc(-c6ccnn6COCC[Si](C)(C)C)cn5)ccc4n3)C[C@@H]12. The molecule has 0 spiro atoms. The summed E-state index contributed by atoms with van der Waals surface area (Å²) in [6.45, 7) is 14.5. The number of carbonyl (C=O) groups excluding carboxylic acids is 1. The summed E-state index contributed by atoms with van der Waals surface area (Å²) in [5.41, 5.74) is 2.93. The van der Waals surface area contributed by atoms with Gasteiger partial charge in [-0.2, -0.15) is 5.10 Å². The summed E-state index contributed by atoms with van der Waals surface area (Å²) in [6, 6.07) is 17.0. The predicted octanol–water partition coefficient (Wildman–Crippen LogP) is 5.16. The molecule has 238 valence electrons. The van der Waals surface area contributed by atoms with E-state index in [-0.39, 0.29) is 18.4 Å². The maximum atomic E-state index is 12.5. The first kappa shape index (κ1) is 31.3. The summed E-state index contributed by atoms with van der Waals surface area (Å²) in [5.74, 6) is 2.16. The van der Waals surface area contributed by atoms with Gasteiger partial charge in [0, 0.05) is 76.2 Å². The summed E-state index contributed by atoms with van der Waals surface area (Å²) in [7, 11) is -1.13. The first-order valence-electron chi connectivity index (χ1n) is 15.8. The van der Waals surface area contributed by atoms with Crippen LogP contribution in [0.25, 0.3) is 22.2 Å². The Bertz CT molecular complexity index is 1630. The fourth-order valence-corrected chi connectivity index (χ4v) is 6.76. The third-order valence-corrected chi connectivity index (χ3v) is 10.3. The Kier molecular flexibility index (Phi) is 8.80. The average molecular weight is 629 g/mol. The molecule has 0 radical (unpaired) electrons. The van der Waals surface area contributed by atoms with E-state index in [4.69, 9.17) is 14.5 Å². The van der Waals surface area contributed by atoms with Gasteiger partial charge in [0.25, 0.3) is 0 Å². The van der Waals surface area contributed by atoms with Crippen molar-refractivity contribution >= 4 is 24.9 Å². The zero-order valence-electron chi connectivity index (χ0n) is 26.9. The van der Waals surface area contributed by atoms with Crippen LogP contribution < -0.4 is 10.1 Å². The predicted molar refractivity (Wildman–Crippen MR) is 176 cm³/mol. The number of nitrogens with one attached hydrogen (secondary N) is 1. The number of hydrogen-bond acceptors (Lipinski definition) is 8. The molecule has 4 aromatic rings. The van der Waals surface area contributed by atoms with E-state index in [1.807, 2.05) is 41.1 Å². The van der Waals surface area contributed by atoms with Crippen molar-refractivity contribution in [3.05, 3.63) is 66.6 Å². The number of rotatable bonds is 13. The molecule has 1 saturated heterocycles. The van der Waals surface area contributed by atoms with E-state index < -0.39 is 13.7 Å². The Labute approximate surface area is 265 Å². The summed E-state index contributed by atoms with van der Waals surface area (Å²) >= 11 is 0. The van der Waals surface area contributed by atoms with Crippen molar-refractivity contribution in [2.24, 2.45) is 17.8 Å². The summed E-state index contributed by atoms with van der Waals surface area (Å²) in [6.07, 6.45) is 3.58. The van der Waals surface area contributed by atoms with Gasteiger partial charge in [-0.1, -0.05) is 25.7 Å². The molecule has 1 unspecified atom stereocenters. The molecule has 1 aromatic carbocycles. The summed E-state index contributed by atoms with van der Waals surface area (Å²) < 4.78 is 13.8. The van der Waals surface area contributed by atoms with Crippen LogP contribution in [0.4, 0.5) is 0 Å². The van der Waals surface area contributed by atoms with Gasteiger partial charge in [0.1, 0.15) is 12.5 Å². The smallest absolute Gasteiger partial charge is 0.223 e. The largest absolute Gasteiger partial charge is 0.439 e. The van der Waals surface area contributed by atoms with Crippen molar-refractivity contribution in [1.82, 2.24) is 30.0 Å². The summed E-state index contributed by atoms with van der Waals surface area (Å²) in [5, 5.41) is 18.2. The Balaban J connectivity index is 1.01. The molecule has 2 fully saturated rings. The number of likely N-dealkylation sites (tertiary alicyclic amines) is 1. The zero-order chi connectivity index (χ0) is 31.8. The van der Waals surface area contributed by atoms with Crippen molar-refractivity contribution < 1.29 is 19.4 Å². The molecule has 2 aliphatic rings. The normalized spacial score (nSPS) is 19.9. The highest BCUT2D eigenvalue weighted by Crippen LogP contribution is 2.52. The van der Waals surface area contributed by atoms with Crippen LogP contribution in [-0.4, -0.2) is 75.6 Å². The molecule has 6 rings (SSSR count). The molecule has 1 saturated carbocycles. The highest BCUT2D eigenvalue weighted by molar-refractivity contribution is 6.76. The van der Waals surface area contributed by atoms with E-state index in [1.54, 1.807) is 26.2 Å². The van der Waals surface area contributed by atoms with Crippen LogP contribution in [0.2, 0.25) is 25.7 Å². The highest BCUT2D eigenvalue weighted by atomic mass is 28.3. The molecule has 4 heterocycles. The number of carbonyl (C=O) groups is 1. The maximum Gasteiger partial charge on any atom is 0.223 e. The Hall–Kier alpha value is -3.64. The van der Waals surface area contributed by atoms with Crippen LogP contribution in [0.1, 0.15) is 19.5 Å². The van der Waals surface area contributed by atoms with Crippen molar-refractivity contribution in [2.75, 3.05) is 26.2 Å². The number of aliphatic hydroxyl groups is 1. The lowest BCUT2D eigenvalue weighted by molar-refractivity contribution is -0.124. The number of ether oxygens (including phenoxy) is 2. The summed E-state index contributed by atoms with van der Waals surface area (Å²) in [4.78, 5) is 24.3. The van der Waals surface area contributed by atoms with Crippen LogP contribution >= 0.6 is 0 Å². The van der Waals surface area contributed by atoms with Gasteiger partial charge >= 0.3 is 0 Å².